The standard InChI is InChI=1S/C13H15NO6/c1-18-4-5-19-12(16)7-14-10-6-9(8-15)2-3-11(10)20-13(14)17/h2-3,6,15H,4-5,7-8H2,1H3. The highest BCUT2D eigenvalue weighted by atomic mass is 16.6. The third kappa shape index (κ3) is 3.06. The van der Waals surface area contributed by atoms with Gasteiger partial charge in [0.1, 0.15) is 13.2 Å². The molecule has 0 fully saturated rings. The van der Waals surface area contributed by atoms with Gasteiger partial charge >= 0.3 is 11.7 Å². The van der Waals surface area contributed by atoms with Crippen molar-refractivity contribution in [2.24, 2.45) is 0 Å². The van der Waals surface area contributed by atoms with Crippen LogP contribution in [-0.4, -0.2) is 36.0 Å². The summed E-state index contributed by atoms with van der Waals surface area (Å²) in [6.45, 7) is 0.0151. The molecule has 0 saturated heterocycles. The van der Waals surface area contributed by atoms with Crippen LogP contribution in [0.4, 0.5) is 0 Å². The molecule has 108 valence electrons. The Morgan fingerprint density at radius 1 is 1.40 bits per heavy atom. The van der Waals surface area contributed by atoms with E-state index in [1.165, 1.54) is 11.7 Å². The van der Waals surface area contributed by atoms with Gasteiger partial charge in [-0.25, -0.2) is 4.79 Å². The molecule has 0 spiro atoms. The zero-order valence-electron chi connectivity index (χ0n) is 11.0. The number of carbonyl (C=O) groups excluding carboxylic acids is 1. The van der Waals surface area contributed by atoms with Gasteiger partial charge in [0.25, 0.3) is 0 Å². The van der Waals surface area contributed by atoms with Crippen molar-refractivity contribution in [1.29, 1.82) is 0 Å². The van der Waals surface area contributed by atoms with Crippen LogP contribution in [0.1, 0.15) is 5.56 Å². The molecular formula is C13H15NO6. The second kappa shape index (κ2) is 6.36. The Kier molecular flexibility index (Phi) is 4.54. The van der Waals surface area contributed by atoms with Crippen LogP contribution in [0, 0.1) is 0 Å². The number of benzene rings is 1. The molecule has 7 heteroatoms. The van der Waals surface area contributed by atoms with Crippen LogP contribution >= 0.6 is 0 Å². The summed E-state index contributed by atoms with van der Waals surface area (Å²) in [6.07, 6.45) is 0. The smallest absolute Gasteiger partial charge is 0.420 e. The number of carbonyl (C=O) groups is 1. The predicted octanol–water partition coefficient (Wildman–Crippen LogP) is 0.276. The molecule has 2 aromatic rings. The van der Waals surface area contributed by atoms with Crippen LogP contribution in [-0.2, 0) is 27.4 Å². The monoisotopic (exact) mass is 281 g/mol. The third-order valence-corrected chi connectivity index (χ3v) is 2.75. The molecule has 0 unspecified atom stereocenters. The number of hydrogen-bond donors (Lipinski definition) is 1. The molecule has 1 N–H and O–H groups in total. The van der Waals surface area contributed by atoms with E-state index < -0.39 is 11.7 Å². The van der Waals surface area contributed by atoms with E-state index in [9.17, 15) is 9.59 Å². The molecule has 7 nitrogen and oxygen atoms in total. The number of oxazole rings is 1. The van der Waals surface area contributed by atoms with Crippen molar-refractivity contribution in [3.63, 3.8) is 0 Å². The van der Waals surface area contributed by atoms with Gasteiger partial charge in [-0.1, -0.05) is 6.07 Å². The summed E-state index contributed by atoms with van der Waals surface area (Å²) in [4.78, 5) is 23.3. The molecule has 0 bridgehead atoms. The number of hydrogen-bond acceptors (Lipinski definition) is 6. The van der Waals surface area contributed by atoms with E-state index >= 15 is 0 Å². The third-order valence-electron chi connectivity index (χ3n) is 2.75. The molecule has 0 aliphatic heterocycles. The summed E-state index contributed by atoms with van der Waals surface area (Å²) in [5, 5.41) is 9.10. The molecule has 0 aliphatic carbocycles. The number of aliphatic hydroxyl groups is 1. The summed E-state index contributed by atoms with van der Waals surface area (Å²) in [6, 6.07) is 4.82. The Bertz CT molecular complexity index is 656. The highest BCUT2D eigenvalue weighted by molar-refractivity contribution is 5.77. The number of rotatable bonds is 6. The molecule has 0 atom stereocenters. The van der Waals surface area contributed by atoms with Crippen molar-refractivity contribution >= 4 is 17.1 Å². The van der Waals surface area contributed by atoms with Gasteiger partial charge in [0.15, 0.2) is 5.58 Å². The lowest BCUT2D eigenvalue weighted by atomic mass is 10.2. The van der Waals surface area contributed by atoms with E-state index in [1.54, 1.807) is 18.2 Å². The van der Waals surface area contributed by atoms with Gasteiger partial charge < -0.3 is 19.0 Å². The lowest BCUT2D eigenvalue weighted by Crippen LogP contribution is -2.22. The van der Waals surface area contributed by atoms with Crippen molar-refractivity contribution in [3.05, 3.63) is 34.3 Å². The number of ether oxygens (including phenoxy) is 2. The number of fused-ring (bicyclic) bond motifs is 1. The van der Waals surface area contributed by atoms with Gasteiger partial charge in [0, 0.05) is 7.11 Å². The van der Waals surface area contributed by atoms with Crippen LogP contribution in [0.5, 0.6) is 0 Å². The van der Waals surface area contributed by atoms with Crippen molar-refractivity contribution in [2.75, 3.05) is 20.3 Å². The second-order valence-electron chi connectivity index (χ2n) is 4.13. The largest absolute Gasteiger partial charge is 0.462 e. The molecule has 2 rings (SSSR count). The Labute approximate surface area is 114 Å². The molecule has 1 aromatic carbocycles. The normalized spacial score (nSPS) is 10.9. The summed E-state index contributed by atoms with van der Waals surface area (Å²) in [7, 11) is 1.50. The van der Waals surface area contributed by atoms with Gasteiger partial charge in [0.05, 0.1) is 18.7 Å². The first-order chi connectivity index (χ1) is 9.65. The van der Waals surface area contributed by atoms with E-state index in [-0.39, 0.29) is 19.8 Å². The summed E-state index contributed by atoms with van der Waals surface area (Å²) >= 11 is 0. The van der Waals surface area contributed by atoms with E-state index in [0.29, 0.717) is 23.3 Å². The first kappa shape index (κ1) is 14.3. The fourth-order valence-corrected chi connectivity index (χ4v) is 1.77. The fourth-order valence-electron chi connectivity index (χ4n) is 1.77. The van der Waals surface area contributed by atoms with Crippen LogP contribution < -0.4 is 5.76 Å². The number of aromatic nitrogens is 1. The molecular weight excluding hydrogens is 266 g/mol. The predicted molar refractivity (Wildman–Crippen MR) is 69.2 cm³/mol. The van der Waals surface area contributed by atoms with Gasteiger partial charge in [-0.05, 0) is 17.7 Å². The van der Waals surface area contributed by atoms with Crippen LogP contribution in [0.2, 0.25) is 0 Å². The maximum atomic E-state index is 11.7. The van der Waals surface area contributed by atoms with Crippen LogP contribution in [0.15, 0.2) is 27.4 Å². The Hall–Kier alpha value is -2.12. The number of esters is 1. The molecule has 1 aromatic heterocycles. The van der Waals surface area contributed by atoms with E-state index in [4.69, 9.17) is 19.0 Å². The van der Waals surface area contributed by atoms with E-state index in [1.807, 2.05) is 0 Å². The van der Waals surface area contributed by atoms with Gasteiger partial charge in [-0.3, -0.25) is 9.36 Å². The number of aliphatic hydroxyl groups excluding tert-OH is 1. The van der Waals surface area contributed by atoms with Crippen molar-refractivity contribution in [3.8, 4) is 0 Å². The molecule has 0 aliphatic rings. The Morgan fingerprint density at radius 2 is 2.20 bits per heavy atom. The van der Waals surface area contributed by atoms with Crippen molar-refractivity contribution in [1.82, 2.24) is 4.57 Å². The lowest BCUT2D eigenvalue weighted by molar-refractivity contribution is -0.145. The first-order valence-electron chi connectivity index (χ1n) is 6.03. The number of methoxy groups -OCH3 is 1. The van der Waals surface area contributed by atoms with Crippen molar-refractivity contribution in [2.45, 2.75) is 13.2 Å². The Morgan fingerprint density at radius 3 is 2.90 bits per heavy atom. The minimum atomic E-state index is -0.640. The zero-order chi connectivity index (χ0) is 14.5. The average molecular weight is 281 g/mol. The van der Waals surface area contributed by atoms with E-state index in [2.05, 4.69) is 0 Å². The Balaban J connectivity index is 2.22. The first-order valence-corrected chi connectivity index (χ1v) is 6.03. The summed E-state index contributed by atoms with van der Waals surface area (Å²) in [5.74, 6) is -1.19. The molecule has 0 radical (unpaired) electrons. The number of nitrogens with zero attached hydrogens (tertiary/aromatic N) is 1. The molecule has 0 amide bonds. The minimum Gasteiger partial charge on any atom is -0.462 e. The highest BCUT2D eigenvalue weighted by Crippen LogP contribution is 2.15. The minimum absolute atomic E-state index is 0.127. The molecule has 1 heterocycles. The molecule has 20 heavy (non-hydrogen) atoms. The second-order valence-corrected chi connectivity index (χ2v) is 4.13. The van der Waals surface area contributed by atoms with Crippen LogP contribution in [0.25, 0.3) is 11.1 Å². The van der Waals surface area contributed by atoms with Gasteiger partial charge in [-0.15, -0.1) is 0 Å². The zero-order valence-corrected chi connectivity index (χ0v) is 11.0. The van der Waals surface area contributed by atoms with Crippen molar-refractivity contribution < 1.29 is 23.8 Å². The van der Waals surface area contributed by atoms with Crippen LogP contribution in [0.3, 0.4) is 0 Å². The maximum Gasteiger partial charge on any atom is 0.420 e. The summed E-state index contributed by atoms with van der Waals surface area (Å²) in [5.41, 5.74) is 1.43. The maximum absolute atomic E-state index is 11.7. The SMILES string of the molecule is COCCOC(=O)Cn1c(=O)oc2ccc(CO)cc21. The van der Waals surface area contributed by atoms with E-state index in [0.717, 1.165) is 0 Å². The summed E-state index contributed by atoms with van der Waals surface area (Å²) < 4.78 is 15.8. The fraction of sp³-hybridized carbons (Fsp3) is 0.385. The average Bonchev–Trinajstić information content (AvgIpc) is 2.75. The highest BCUT2D eigenvalue weighted by Gasteiger charge is 2.14. The van der Waals surface area contributed by atoms with Gasteiger partial charge in [-0.2, -0.15) is 0 Å². The van der Waals surface area contributed by atoms with Gasteiger partial charge in [0.2, 0.25) is 0 Å². The molecule has 0 saturated carbocycles. The lowest BCUT2D eigenvalue weighted by Gasteiger charge is -2.04. The topological polar surface area (TPSA) is 90.9 Å². The quantitative estimate of drug-likeness (QED) is 0.604.